The molecule has 1 saturated carbocycles. The summed E-state index contributed by atoms with van der Waals surface area (Å²) in [5.74, 6) is -0.503. The summed E-state index contributed by atoms with van der Waals surface area (Å²) in [4.78, 5) is 23.2. The van der Waals surface area contributed by atoms with E-state index in [2.05, 4.69) is 10.6 Å². The number of carbonyl (C=O) groups excluding carboxylic acids is 2. The van der Waals surface area contributed by atoms with E-state index in [0.29, 0.717) is 5.75 Å². The molecule has 0 heterocycles. The zero-order chi connectivity index (χ0) is 15.2. The molecule has 2 N–H and O–H groups in total. The van der Waals surface area contributed by atoms with Gasteiger partial charge in [0.15, 0.2) is 0 Å². The van der Waals surface area contributed by atoms with Gasteiger partial charge in [0.2, 0.25) is 0 Å². The number of nitrogens with one attached hydrogen (secondary N) is 2. The Morgan fingerprint density at radius 1 is 1.29 bits per heavy atom. The number of hydrogen-bond donors (Lipinski definition) is 2. The van der Waals surface area contributed by atoms with Gasteiger partial charge < -0.3 is 20.1 Å². The van der Waals surface area contributed by atoms with Crippen LogP contribution in [0.4, 0.5) is 0 Å². The molecule has 1 aromatic carbocycles. The summed E-state index contributed by atoms with van der Waals surface area (Å²) in [5, 5.41) is 5.23. The summed E-state index contributed by atoms with van der Waals surface area (Å²) in [6.07, 6.45) is 1.56. The molecule has 0 radical (unpaired) electrons. The molecule has 21 heavy (non-hydrogen) atoms. The second-order valence-corrected chi connectivity index (χ2v) is 4.96. The van der Waals surface area contributed by atoms with E-state index in [9.17, 15) is 9.59 Å². The van der Waals surface area contributed by atoms with E-state index in [1.807, 2.05) is 24.3 Å². The molecule has 0 aromatic heterocycles. The summed E-state index contributed by atoms with van der Waals surface area (Å²) in [6.45, 7) is 0.223. The van der Waals surface area contributed by atoms with Crippen molar-refractivity contribution in [1.82, 2.24) is 10.6 Å². The van der Waals surface area contributed by atoms with Crippen LogP contribution in [0.5, 0.6) is 5.75 Å². The molecule has 0 unspecified atom stereocenters. The second kappa shape index (κ2) is 7.08. The van der Waals surface area contributed by atoms with Gasteiger partial charge in [0, 0.05) is 19.7 Å². The molecule has 2 amide bonds. The first kappa shape index (κ1) is 15.3. The van der Waals surface area contributed by atoms with Crippen LogP contribution in [0.1, 0.15) is 24.5 Å². The molecule has 2 rings (SSSR count). The lowest BCUT2D eigenvalue weighted by Gasteiger charge is -2.17. The van der Waals surface area contributed by atoms with Gasteiger partial charge in [-0.25, -0.2) is 0 Å². The zero-order valence-corrected chi connectivity index (χ0v) is 12.2. The maximum atomic E-state index is 11.7. The fourth-order valence-corrected chi connectivity index (χ4v) is 1.92. The van der Waals surface area contributed by atoms with Gasteiger partial charge in [0.05, 0.1) is 13.2 Å². The number of carbonyl (C=O) groups is 2. The van der Waals surface area contributed by atoms with Crippen molar-refractivity contribution >= 4 is 11.8 Å². The monoisotopic (exact) mass is 292 g/mol. The molecule has 0 spiro atoms. The summed E-state index contributed by atoms with van der Waals surface area (Å²) < 4.78 is 10.5. The van der Waals surface area contributed by atoms with E-state index in [-0.39, 0.29) is 18.7 Å². The molecule has 6 heteroatoms. The fourth-order valence-electron chi connectivity index (χ4n) is 1.92. The molecule has 6 nitrogen and oxygen atoms in total. The maximum absolute atomic E-state index is 11.7. The molecule has 1 aromatic rings. The first-order valence-corrected chi connectivity index (χ1v) is 6.89. The average Bonchev–Trinajstić information content (AvgIpc) is 3.31. The van der Waals surface area contributed by atoms with E-state index in [1.54, 1.807) is 14.2 Å². The van der Waals surface area contributed by atoms with E-state index in [4.69, 9.17) is 9.47 Å². The van der Waals surface area contributed by atoms with Crippen molar-refractivity contribution in [2.24, 2.45) is 0 Å². The van der Waals surface area contributed by atoms with Crippen LogP contribution in [-0.2, 0) is 14.3 Å². The summed E-state index contributed by atoms with van der Waals surface area (Å²) >= 11 is 0. The molecule has 1 fully saturated rings. The third-order valence-electron chi connectivity index (χ3n) is 3.32. The lowest BCUT2D eigenvalue weighted by Crippen LogP contribution is -2.42. The zero-order valence-electron chi connectivity index (χ0n) is 12.2. The molecule has 0 bridgehead atoms. The van der Waals surface area contributed by atoms with E-state index < -0.39 is 11.8 Å². The number of benzene rings is 1. The maximum Gasteiger partial charge on any atom is 0.309 e. The Bertz CT molecular complexity index is 514. The molecule has 0 saturated heterocycles. The Hall–Kier alpha value is -2.08. The van der Waals surface area contributed by atoms with Crippen LogP contribution in [-0.4, -0.2) is 38.6 Å². The van der Waals surface area contributed by atoms with Crippen LogP contribution in [0, 0.1) is 0 Å². The van der Waals surface area contributed by atoms with Crippen LogP contribution >= 0.6 is 0 Å². The lowest BCUT2D eigenvalue weighted by atomic mass is 10.1. The van der Waals surface area contributed by atoms with E-state index in [1.165, 1.54) is 0 Å². The number of amides is 2. The highest BCUT2D eigenvalue weighted by atomic mass is 16.5. The van der Waals surface area contributed by atoms with Crippen molar-refractivity contribution in [3.63, 3.8) is 0 Å². The van der Waals surface area contributed by atoms with Gasteiger partial charge >= 0.3 is 11.8 Å². The summed E-state index contributed by atoms with van der Waals surface area (Å²) in [5.41, 5.74) is 0.875. The van der Waals surface area contributed by atoms with Crippen molar-refractivity contribution in [2.75, 3.05) is 20.8 Å². The minimum absolute atomic E-state index is 0.167. The number of methoxy groups -OCH3 is 2. The molecule has 1 aliphatic carbocycles. The second-order valence-electron chi connectivity index (χ2n) is 4.96. The number of rotatable bonds is 6. The van der Waals surface area contributed by atoms with Crippen molar-refractivity contribution in [1.29, 1.82) is 0 Å². The van der Waals surface area contributed by atoms with Gasteiger partial charge in [-0.1, -0.05) is 12.1 Å². The first-order chi connectivity index (χ1) is 10.1. The van der Waals surface area contributed by atoms with Crippen LogP contribution in [0.25, 0.3) is 0 Å². The normalized spacial score (nSPS) is 15.1. The van der Waals surface area contributed by atoms with E-state index in [0.717, 1.165) is 18.4 Å². The number of ether oxygens (including phenoxy) is 2. The Morgan fingerprint density at radius 2 is 2.05 bits per heavy atom. The lowest BCUT2D eigenvalue weighted by molar-refractivity contribution is -0.139. The highest BCUT2D eigenvalue weighted by Gasteiger charge is 2.26. The highest BCUT2D eigenvalue weighted by Crippen LogP contribution is 2.21. The largest absolute Gasteiger partial charge is 0.497 e. The van der Waals surface area contributed by atoms with Crippen LogP contribution in [0.15, 0.2) is 24.3 Å². The average molecular weight is 292 g/mol. The summed E-state index contributed by atoms with van der Waals surface area (Å²) in [7, 11) is 3.14. The Balaban J connectivity index is 1.88. The van der Waals surface area contributed by atoms with Gasteiger partial charge in [0.25, 0.3) is 0 Å². The van der Waals surface area contributed by atoms with Crippen molar-refractivity contribution in [3.05, 3.63) is 29.8 Å². The van der Waals surface area contributed by atoms with Crippen molar-refractivity contribution < 1.29 is 19.1 Å². The standard InChI is InChI=1S/C15H20N2O4/c1-20-12-5-3-4-10(8-12)13(21-2)9-16-14(18)15(19)17-11-6-7-11/h3-5,8,11,13H,6-7,9H2,1-2H3,(H,16,18)(H,17,19)/t13-/m0/s1. The topological polar surface area (TPSA) is 76.7 Å². The molecule has 0 aliphatic heterocycles. The predicted molar refractivity (Wildman–Crippen MR) is 76.9 cm³/mol. The smallest absolute Gasteiger partial charge is 0.309 e. The SMILES string of the molecule is COc1cccc([C@H](CNC(=O)C(=O)NC2CC2)OC)c1. The predicted octanol–water partition coefficient (Wildman–Crippen LogP) is 0.777. The fraction of sp³-hybridized carbons (Fsp3) is 0.467. The van der Waals surface area contributed by atoms with Crippen molar-refractivity contribution in [3.8, 4) is 5.75 Å². The van der Waals surface area contributed by atoms with Crippen molar-refractivity contribution in [2.45, 2.75) is 25.0 Å². The van der Waals surface area contributed by atoms with Crippen LogP contribution in [0.2, 0.25) is 0 Å². The Labute approximate surface area is 123 Å². The summed E-state index contributed by atoms with van der Waals surface area (Å²) in [6, 6.07) is 7.57. The van der Waals surface area contributed by atoms with Gasteiger partial charge in [-0.2, -0.15) is 0 Å². The number of hydrogen-bond acceptors (Lipinski definition) is 4. The Kier molecular flexibility index (Phi) is 5.16. The minimum atomic E-state index is -0.633. The Morgan fingerprint density at radius 3 is 2.67 bits per heavy atom. The van der Waals surface area contributed by atoms with Gasteiger partial charge in [-0.3, -0.25) is 9.59 Å². The first-order valence-electron chi connectivity index (χ1n) is 6.89. The van der Waals surface area contributed by atoms with Gasteiger partial charge in [-0.15, -0.1) is 0 Å². The third kappa shape index (κ3) is 4.46. The molecule has 1 atom stereocenters. The highest BCUT2D eigenvalue weighted by molar-refractivity contribution is 6.35. The molecule has 1 aliphatic rings. The van der Waals surface area contributed by atoms with E-state index >= 15 is 0 Å². The minimum Gasteiger partial charge on any atom is -0.497 e. The molecular formula is C15H20N2O4. The molecular weight excluding hydrogens is 272 g/mol. The molecule has 114 valence electrons. The van der Waals surface area contributed by atoms with Gasteiger partial charge in [-0.05, 0) is 30.5 Å². The quantitative estimate of drug-likeness (QED) is 0.760. The van der Waals surface area contributed by atoms with Crippen LogP contribution < -0.4 is 15.4 Å². The van der Waals surface area contributed by atoms with Crippen LogP contribution in [0.3, 0.4) is 0 Å². The third-order valence-corrected chi connectivity index (χ3v) is 3.32. The van der Waals surface area contributed by atoms with Gasteiger partial charge in [0.1, 0.15) is 5.75 Å².